The molecule has 8 heteroatoms. The fourth-order valence-electron chi connectivity index (χ4n) is 1.49. The van der Waals surface area contributed by atoms with E-state index in [0.717, 1.165) is 0 Å². The van der Waals surface area contributed by atoms with Gasteiger partial charge in [0.15, 0.2) is 0 Å². The molecule has 0 aliphatic rings. The number of halogens is 3. The number of nitrogens with two attached hydrogens (primary N) is 1. The summed E-state index contributed by atoms with van der Waals surface area (Å²) in [7, 11) is -3.43. The molecule has 0 amide bonds. The Kier molecular flexibility index (Phi) is 6.71. The van der Waals surface area contributed by atoms with Crippen LogP contribution in [0.4, 0.5) is 4.39 Å². The molecule has 1 aromatic carbocycles. The van der Waals surface area contributed by atoms with Gasteiger partial charge in [-0.2, -0.15) is 0 Å². The Balaban J connectivity index is 2.43. The molecule has 0 saturated heterocycles. The highest BCUT2D eigenvalue weighted by Crippen LogP contribution is 2.30. The van der Waals surface area contributed by atoms with Gasteiger partial charge in [0.05, 0.1) is 21.9 Å². The van der Waals surface area contributed by atoms with E-state index in [1.165, 1.54) is 12.1 Å². The molecule has 1 rings (SSSR count). The minimum Gasteiger partial charge on any atom is -0.492 e. The molecule has 0 saturated carbocycles. The molecule has 1 unspecified atom stereocenters. The molecule has 0 heterocycles. The fraction of sp³-hybridized carbons (Fsp3) is 0.500. The van der Waals surface area contributed by atoms with E-state index in [1.807, 2.05) is 6.92 Å². The SMILES string of the molecule is CC(CCOc1cc(F)c(Cl)cc1Br)CCS(N)(=O)=O. The fourth-order valence-corrected chi connectivity index (χ4v) is 2.98. The average Bonchev–Trinajstić information content (AvgIpc) is 2.32. The van der Waals surface area contributed by atoms with Gasteiger partial charge in [-0.3, -0.25) is 0 Å². The molecule has 1 atom stereocenters. The van der Waals surface area contributed by atoms with Crippen LogP contribution in [0.25, 0.3) is 0 Å². The molecule has 0 fully saturated rings. The Morgan fingerprint density at radius 1 is 1.45 bits per heavy atom. The van der Waals surface area contributed by atoms with Crippen LogP contribution in [0.15, 0.2) is 16.6 Å². The second-order valence-corrected chi connectivity index (χ2v) is 7.59. The molecule has 0 bridgehead atoms. The molecule has 114 valence electrons. The predicted molar refractivity (Wildman–Crippen MR) is 81.0 cm³/mol. The van der Waals surface area contributed by atoms with Gasteiger partial charge in [0, 0.05) is 6.07 Å². The van der Waals surface area contributed by atoms with Crippen molar-refractivity contribution in [1.82, 2.24) is 0 Å². The van der Waals surface area contributed by atoms with Crippen LogP contribution in [0.2, 0.25) is 5.02 Å². The summed E-state index contributed by atoms with van der Waals surface area (Å²) in [5.74, 6) is -0.0881. The third-order valence-corrected chi connectivity index (χ3v) is 4.45. The van der Waals surface area contributed by atoms with E-state index >= 15 is 0 Å². The molecule has 0 radical (unpaired) electrons. The Morgan fingerprint density at radius 2 is 2.10 bits per heavy atom. The van der Waals surface area contributed by atoms with Crippen LogP contribution in [0.1, 0.15) is 19.8 Å². The highest BCUT2D eigenvalue weighted by molar-refractivity contribution is 9.10. The van der Waals surface area contributed by atoms with Gasteiger partial charge in [0.25, 0.3) is 0 Å². The first-order chi connectivity index (χ1) is 9.19. The molecule has 2 N–H and O–H groups in total. The van der Waals surface area contributed by atoms with Crippen molar-refractivity contribution in [3.05, 3.63) is 27.4 Å². The highest BCUT2D eigenvalue weighted by Gasteiger charge is 2.11. The summed E-state index contributed by atoms with van der Waals surface area (Å²) in [6.07, 6.45) is 1.12. The van der Waals surface area contributed by atoms with Gasteiger partial charge in [-0.05, 0) is 40.8 Å². The van der Waals surface area contributed by atoms with E-state index in [2.05, 4.69) is 15.9 Å². The number of sulfonamides is 1. The van der Waals surface area contributed by atoms with Crippen molar-refractivity contribution < 1.29 is 17.5 Å². The maximum Gasteiger partial charge on any atom is 0.209 e. The van der Waals surface area contributed by atoms with Gasteiger partial charge < -0.3 is 4.74 Å². The molecule has 1 aromatic rings. The zero-order valence-corrected chi connectivity index (χ0v) is 14.1. The minimum absolute atomic E-state index is 0.0192. The van der Waals surface area contributed by atoms with E-state index in [9.17, 15) is 12.8 Å². The van der Waals surface area contributed by atoms with Gasteiger partial charge in [-0.25, -0.2) is 17.9 Å². The summed E-state index contributed by atoms with van der Waals surface area (Å²) in [6.45, 7) is 2.26. The van der Waals surface area contributed by atoms with E-state index in [0.29, 0.717) is 29.7 Å². The van der Waals surface area contributed by atoms with Crippen LogP contribution in [-0.4, -0.2) is 20.8 Å². The first kappa shape index (κ1) is 17.7. The van der Waals surface area contributed by atoms with E-state index in [-0.39, 0.29) is 16.7 Å². The maximum atomic E-state index is 13.3. The molecular weight excluding hydrogens is 373 g/mol. The Hall–Kier alpha value is -0.370. The first-order valence-electron chi connectivity index (χ1n) is 5.97. The summed E-state index contributed by atoms with van der Waals surface area (Å²) < 4.78 is 41.0. The van der Waals surface area contributed by atoms with Crippen molar-refractivity contribution in [2.45, 2.75) is 19.8 Å². The van der Waals surface area contributed by atoms with Gasteiger partial charge in [-0.15, -0.1) is 0 Å². The normalized spacial score (nSPS) is 13.2. The maximum absolute atomic E-state index is 13.3. The number of rotatable bonds is 7. The van der Waals surface area contributed by atoms with Gasteiger partial charge in [-0.1, -0.05) is 18.5 Å². The zero-order valence-electron chi connectivity index (χ0n) is 10.9. The van der Waals surface area contributed by atoms with Crippen molar-refractivity contribution >= 4 is 37.6 Å². The molecule has 0 aliphatic heterocycles. The number of primary sulfonamides is 1. The molecular formula is C12H16BrClFNO3S. The molecule has 20 heavy (non-hydrogen) atoms. The van der Waals surface area contributed by atoms with E-state index < -0.39 is 15.8 Å². The van der Waals surface area contributed by atoms with Crippen LogP contribution in [0.5, 0.6) is 5.75 Å². The van der Waals surface area contributed by atoms with Crippen molar-refractivity contribution in [3.8, 4) is 5.75 Å². The number of hydrogen-bond donors (Lipinski definition) is 1. The largest absolute Gasteiger partial charge is 0.492 e. The summed E-state index contributed by atoms with van der Waals surface area (Å²) >= 11 is 8.86. The quantitative estimate of drug-likeness (QED) is 0.728. The zero-order chi connectivity index (χ0) is 15.3. The van der Waals surface area contributed by atoms with Gasteiger partial charge >= 0.3 is 0 Å². The Bertz CT molecular complexity index is 568. The lowest BCUT2D eigenvalue weighted by molar-refractivity contribution is 0.279. The highest BCUT2D eigenvalue weighted by atomic mass is 79.9. The molecule has 4 nitrogen and oxygen atoms in total. The van der Waals surface area contributed by atoms with Crippen molar-refractivity contribution in [2.75, 3.05) is 12.4 Å². The first-order valence-corrected chi connectivity index (χ1v) is 8.85. The van der Waals surface area contributed by atoms with Crippen LogP contribution in [0.3, 0.4) is 0 Å². The topological polar surface area (TPSA) is 69.4 Å². The van der Waals surface area contributed by atoms with Gasteiger partial charge in [0.2, 0.25) is 10.0 Å². The summed E-state index contributed by atoms with van der Waals surface area (Å²) in [5, 5.41) is 4.95. The summed E-state index contributed by atoms with van der Waals surface area (Å²) in [6, 6.07) is 2.64. The second-order valence-electron chi connectivity index (χ2n) is 4.59. The molecule has 0 spiro atoms. The van der Waals surface area contributed by atoms with Crippen LogP contribution in [-0.2, 0) is 10.0 Å². The van der Waals surface area contributed by atoms with Crippen LogP contribution >= 0.6 is 27.5 Å². The minimum atomic E-state index is -3.43. The van der Waals surface area contributed by atoms with Crippen LogP contribution < -0.4 is 9.88 Å². The van der Waals surface area contributed by atoms with E-state index in [1.54, 1.807) is 0 Å². The smallest absolute Gasteiger partial charge is 0.209 e. The molecule has 0 aliphatic carbocycles. The Labute approximate surface area is 131 Å². The Morgan fingerprint density at radius 3 is 2.70 bits per heavy atom. The number of benzene rings is 1. The van der Waals surface area contributed by atoms with E-state index in [4.69, 9.17) is 21.5 Å². The lowest BCUT2D eigenvalue weighted by Crippen LogP contribution is -2.18. The lowest BCUT2D eigenvalue weighted by atomic mass is 10.1. The molecule has 0 aromatic heterocycles. The standard InChI is InChI=1S/C12H16BrClFNO3S/c1-8(3-5-20(16,17)18)2-4-19-12-7-11(15)10(14)6-9(12)13/h6-8H,2-5H2,1H3,(H2,16,17,18). The summed E-state index contributed by atoms with van der Waals surface area (Å²) in [5.41, 5.74) is 0. The van der Waals surface area contributed by atoms with Crippen molar-refractivity contribution in [3.63, 3.8) is 0 Å². The monoisotopic (exact) mass is 387 g/mol. The second kappa shape index (κ2) is 7.59. The third kappa shape index (κ3) is 6.39. The number of ether oxygens (including phenoxy) is 1. The van der Waals surface area contributed by atoms with Crippen molar-refractivity contribution in [1.29, 1.82) is 0 Å². The van der Waals surface area contributed by atoms with Crippen molar-refractivity contribution in [2.24, 2.45) is 11.1 Å². The van der Waals surface area contributed by atoms with Gasteiger partial charge in [0.1, 0.15) is 11.6 Å². The number of hydrogen-bond acceptors (Lipinski definition) is 3. The van der Waals surface area contributed by atoms with Crippen LogP contribution in [0, 0.1) is 11.7 Å². The lowest BCUT2D eigenvalue weighted by Gasteiger charge is -2.13. The average molecular weight is 389 g/mol. The predicted octanol–water partition coefficient (Wildman–Crippen LogP) is 3.33. The third-order valence-electron chi connectivity index (χ3n) is 2.74. The summed E-state index contributed by atoms with van der Waals surface area (Å²) in [4.78, 5) is 0.